The van der Waals surface area contributed by atoms with E-state index in [4.69, 9.17) is 9.47 Å². The molecule has 0 bridgehead atoms. The van der Waals surface area contributed by atoms with Crippen molar-refractivity contribution in [3.63, 3.8) is 0 Å². The van der Waals surface area contributed by atoms with Crippen LogP contribution in [0.25, 0.3) is 0 Å². The predicted molar refractivity (Wildman–Crippen MR) is 313 cm³/mol. The summed E-state index contributed by atoms with van der Waals surface area (Å²) < 4.78 is 11.3. The number of carbonyl (C=O) groups is 1. The smallest absolute Gasteiger partial charge is 0.220 e. The third-order valence-corrected chi connectivity index (χ3v) is 14.2. The maximum absolute atomic E-state index is 13.1. The monoisotopic (exact) mass is 1040 g/mol. The summed E-state index contributed by atoms with van der Waals surface area (Å²) in [6.45, 7) is 3.66. The van der Waals surface area contributed by atoms with Gasteiger partial charge in [0.2, 0.25) is 5.91 Å². The lowest BCUT2D eigenvalue weighted by Gasteiger charge is -2.40. The SMILES string of the molecule is CC/C=C\C/C=C\C/C=C\C/C=C\CCCCCCCCCCCCC(=O)NC(COC1OC(CO)C(O)C(O)C1O)C(O)/C=C/CC/C=C/CC/C=C/CCCCCCCCCCCCCCCCCCCC. The third-order valence-electron chi connectivity index (χ3n) is 14.2. The number of carbonyl (C=O) groups excluding carboxylic acids is 1. The minimum atomic E-state index is -1.58. The second-order valence-corrected chi connectivity index (χ2v) is 21.1. The molecule has 1 aliphatic heterocycles. The van der Waals surface area contributed by atoms with Crippen molar-refractivity contribution in [2.75, 3.05) is 13.2 Å². The Labute approximate surface area is 454 Å². The lowest BCUT2D eigenvalue weighted by molar-refractivity contribution is -0.302. The summed E-state index contributed by atoms with van der Waals surface area (Å²) in [6.07, 6.45) is 69.5. The van der Waals surface area contributed by atoms with E-state index in [1.807, 2.05) is 6.08 Å². The van der Waals surface area contributed by atoms with Gasteiger partial charge in [-0.25, -0.2) is 0 Å². The molecule has 7 atom stereocenters. The van der Waals surface area contributed by atoms with E-state index < -0.39 is 49.5 Å². The Kier molecular flexibility index (Phi) is 50.4. The van der Waals surface area contributed by atoms with Crippen molar-refractivity contribution in [1.29, 1.82) is 0 Å². The van der Waals surface area contributed by atoms with Crippen molar-refractivity contribution in [3.05, 3.63) is 85.1 Å². The number of unbranched alkanes of at least 4 members (excludes halogenated alkanes) is 30. The standard InChI is InChI=1S/C65H115NO8/c1-3-5-7-9-11-13-15-17-19-21-23-25-27-28-29-30-31-33-34-36-38-40-42-44-46-48-50-52-54-59(68)58(57-73-65-64(72)63(71)62(70)60(56-67)74-65)66-61(69)55-53-51-49-47-45-43-41-39-37-35-32-26-24-22-20-18-16-14-12-10-8-6-4-2/h6,8,12,14,18,20,24,26,36,38,44,46,52,54,58-60,62-65,67-68,70-72H,3-5,7,9-11,13,15-17,19,21-23,25,27-35,37,39-43,45,47-51,53,55-57H2,1-2H3,(H,66,69)/b8-6-,14-12-,20-18-,26-24-,38-36+,46-44+,54-52+. The molecule has 1 rings (SSSR count). The highest BCUT2D eigenvalue weighted by Gasteiger charge is 2.44. The first-order valence-electron chi connectivity index (χ1n) is 30.8. The molecular weight excluding hydrogens is 923 g/mol. The Morgan fingerprint density at radius 2 is 0.851 bits per heavy atom. The molecule has 0 spiro atoms. The second kappa shape index (κ2) is 53.8. The molecule has 1 aliphatic rings. The maximum Gasteiger partial charge on any atom is 0.220 e. The van der Waals surface area contributed by atoms with Gasteiger partial charge in [-0.3, -0.25) is 4.79 Å². The molecule has 1 heterocycles. The van der Waals surface area contributed by atoms with Gasteiger partial charge in [0, 0.05) is 6.42 Å². The van der Waals surface area contributed by atoms with E-state index >= 15 is 0 Å². The highest BCUT2D eigenvalue weighted by atomic mass is 16.7. The first-order chi connectivity index (χ1) is 36.3. The number of hydrogen-bond donors (Lipinski definition) is 6. The summed E-state index contributed by atoms with van der Waals surface area (Å²) in [7, 11) is 0. The molecule has 0 radical (unpaired) electrons. The summed E-state index contributed by atoms with van der Waals surface area (Å²) in [5.74, 6) is -0.197. The number of ether oxygens (including phenoxy) is 2. The van der Waals surface area contributed by atoms with E-state index in [0.717, 1.165) is 83.5 Å². The summed E-state index contributed by atoms with van der Waals surface area (Å²) in [4.78, 5) is 13.1. The van der Waals surface area contributed by atoms with Crippen LogP contribution in [0.15, 0.2) is 85.1 Å². The average molecular weight is 1040 g/mol. The zero-order valence-electron chi connectivity index (χ0n) is 47.6. The van der Waals surface area contributed by atoms with Gasteiger partial charge in [-0.1, -0.05) is 259 Å². The fourth-order valence-electron chi connectivity index (χ4n) is 9.36. The van der Waals surface area contributed by atoms with Crippen LogP contribution in [0.3, 0.4) is 0 Å². The van der Waals surface area contributed by atoms with Crippen molar-refractivity contribution in [1.82, 2.24) is 5.32 Å². The van der Waals surface area contributed by atoms with E-state index in [1.165, 1.54) is 161 Å². The molecule has 1 saturated heterocycles. The molecule has 9 nitrogen and oxygen atoms in total. The lowest BCUT2D eigenvalue weighted by atomic mass is 9.99. The van der Waals surface area contributed by atoms with Crippen LogP contribution in [-0.4, -0.2) is 87.5 Å². The van der Waals surface area contributed by atoms with Crippen molar-refractivity contribution >= 4 is 5.91 Å². The van der Waals surface area contributed by atoms with Crippen molar-refractivity contribution in [2.24, 2.45) is 0 Å². The molecule has 1 amide bonds. The van der Waals surface area contributed by atoms with E-state index in [1.54, 1.807) is 6.08 Å². The predicted octanol–water partition coefficient (Wildman–Crippen LogP) is 15.8. The number of aliphatic hydroxyl groups is 5. The van der Waals surface area contributed by atoms with Crippen molar-refractivity contribution in [3.8, 4) is 0 Å². The molecule has 0 aromatic carbocycles. The van der Waals surface area contributed by atoms with Gasteiger partial charge in [-0.2, -0.15) is 0 Å². The molecule has 428 valence electrons. The van der Waals surface area contributed by atoms with E-state index in [2.05, 4.69) is 92.1 Å². The van der Waals surface area contributed by atoms with Crippen LogP contribution in [0, 0.1) is 0 Å². The number of aliphatic hydroxyl groups excluding tert-OH is 5. The van der Waals surface area contributed by atoms with Gasteiger partial charge < -0.3 is 40.3 Å². The van der Waals surface area contributed by atoms with E-state index in [-0.39, 0.29) is 12.5 Å². The Bertz CT molecular complexity index is 1440. The fraction of sp³-hybridized carbons (Fsp3) is 0.769. The molecule has 9 heteroatoms. The fourth-order valence-corrected chi connectivity index (χ4v) is 9.36. The quantitative estimate of drug-likeness (QED) is 0.0261. The van der Waals surface area contributed by atoms with E-state index in [0.29, 0.717) is 6.42 Å². The average Bonchev–Trinajstić information content (AvgIpc) is 3.40. The molecule has 6 N–H and O–H groups in total. The van der Waals surface area contributed by atoms with Gasteiger partial charge in [-0.15, -0.1) is 0 Å². The van der Waals surface area contributed by atoms with Crippen LogP contribution in [0.4, 0.5) is 0 Å². The zero-order valence-corrected chi connectivity index (χ0v) is 47.6. The summed E-state index contributed by atoms with van der Waals surface area (Å²) in [5.41, 5.74) is 0. The normalized spacial score (nSPS) is 19.6. The molecule has 0 aliphatic carbocycles. The lowest BCUT2D eigenvalue weighted by Crippen LogP contribution is -2.60. The molecule has 0 aromatic heterocycles. The molecule has 0 aromatic rings. The van der Waals surface area contributed by atoms with Crippen LogP contribution < -0.4 is 5.32 Å². The maximum atomic E-state index is 13.1. The number of rotatable bonds is 52. The highest BCUT2D eigenvalue weighted by Crippen LogP contribution is 2.23. The minimum Gasteiger partial charge on any atom is -0.394 e. The van der Waals surface area contributed by atoms with Crippen LogP contribution in [0.5, 0.6) is 0 Å². The van der Waals surface area contributed by atoms with Gasteiger partial charge in [0.15, 0.2) is 6.29 Å². The van der Waals surface area contributed by atoms with Crippen molar-refractivity contribution < 1.29 is 39.8 Å². The van der Waals surface area contributed by atoms with Gasteiger partial charge in [0.25, 0.3) is 0 Å². The zero-order chi connectivity index (χ0) is 53.6. The second-order valence-electron chi connectivity index (χ2n) is 21.1. The first kappa shape index (κ1) is 69.4. The summed E-state index contributed by atoms with van der Waals surface area (Å²) in [5, 5.41) is 54.6. The Morgan fingerprint density at radius 1 is 0.473 bits per heavy atom. The van der Waals surface area contributed by atoms with E-state index in [9.17, 15) is 30.3 Å². The third kappa shape index (κ3) is 42.5. The van der Waals surface area contributed by atoms with Crippen LogP contribution >= 0.6 is 0 Å². The van der Waals surface area contributed by atoms with Crippen LogP contribution in [0.2, 0.25) is 0 Å². The summed E-state index contributed by atoms with van der Waals surface area (Å²) >= 11 is 0. The topological polar surface area (TPSA) is 149 Å². The largest absolute Gasteiger partial charge is 0.394 e. The molecular formula is C65H115NO8. The minimum absolute atomic E-state index is 0.197. The van der Waals surface area contributed by atoms with Crippen LogP contribution in [-0.2, 0) is 14.3 Å². The number of hydrogen-bond acceptors (Lipinski definition) is 8. The Balaban J connectivity index is 2.24. The molecule has 0 saturated carbocycles. The first-order valence-corrected chi connectivity index (χ1v) is 30.8. The molecule has 74 heavy (non-hydrogen) atoms. The highest BCUT2D eigenvalue weighted by molar-refractivity contribution is 5.76. The molecule has 7 unspecified atom stereocenters. The summed E-state index contributed by atoms with van der Waals surface area (Å²) in [6, 6.07) is -0.837. The van der Waals surface area contributed by atoms with Crippen molar-refractivity contribution in [2.45, 2.75) is 307 Å². The number of nitrogens with one attached hydrogen (secondary N) is 1. The van der Waals surface area contributed by atoms with Gasteiger partial charge in [0.05, 0.1) is 25.4 Å². The number of amides is 1. The van der Waals surface area contributed by atoms with Gasteiger partial charge >= 0.3 is 0 Å². The number of allylic oxidation sites excluding steroid dienone is 13. The van der Waals surface area contributed by atoms with Gasteiger partial charge in [0.1, 0.15) is 24.4 Å². The van der Waals surface area contributed by atoms with Crippen LogP contribution in [0.1, 0.15) is 264 Å². The molecule has 1 fully saturated rings. The van der Waals surface area contributed by atoms with Gasteiger partial charge in [-0.05, 0) is 83.5 Å². The Hall–Kier alpha value is -2.63. The Morgan fingerprint density at radius 3 is 1.30 bits per heavy atom.